The zero-order chi connectivity index (χ0) is 13.0. The summed E-state index contributed by atoms with van der Waals surface area (Å²) in [7, 11) is 0.224. The second-order valence-electron chi connectivity index (χ2n) is 4.04. The lowest BCUT2D eigenvalue weighted by Gasteiger charge is -2.04. The van der Waals surface area contributed by atoms with Gasteiger partial charge in [-0.1, -0.05) is 18.2 Å². The molecule has 0 bridgehead atoms. The molecule has 3 heteroatoms. The lowest BCUT2D eigenvalue weighted by Crippen LogP contribution is -2.08. The highest BCUT2D eigenvalue weighted by atomic mass is 32.2. The van der Waals surface area contributed by atoms with Crippen LogP contribution < -0.4 is 4.74 Å². The first-order valence-corrected chi connectivity index (χ1v) is 7.66. The summed E-state index contributed by atoms with van der Waals surface area (Å²) in [5.74, 6) is 0.258. The smallest absolute Gasteiger partial charge is 0.343 e. The second kappa shape index (κ2) is 5.74. The number of carbonyl (C=O) groups excluding carboxylic acids is 1. The monoisotopic (exact) mass is 259 g/mol. The van der Waals surface area contributed by atoms with Crippen LogP contribution in [0.4, 0.5) is 0 Å². The van der Waals surface area contributed by atoms with Gasteiger partial charge in [0.05, 0.1) is 5.56 Å². The summed E-state index contributed by atoms with van der Waals surface area (Å²) in [6, 6.07) is 16.7. The van der Waals surface area contributed by atoms with Crippen molar-refractivity contribution < 1.29 is 9.53 Å². The first-order valence-electron chi connectivity index (χ1n) is 5.62. The molecule has 0 saturated carbocycles. The zero-order valence-electron chi connectivity index (χ0n) is 10.4. The molecular formula is C15H15O2S+. The molecule has 0 aliphatic carbocycles. The molecule has 2 aromatic rings. The van der Waals surface area contributed by atoms with Crippen molar-refractivity contribution in [3.63, 3.8) is 0 Å². The maximum absolute atomic E-state index is 11.8. The van der Waals surface area contributed by atoms with Crippen LogP contribution in [-0.4, -0.2) is 18.5 Å². The number of hydrogen-bond donors (Lipinski definition) is 0. The summed E-state index contributed by atoms with van der Waals surface area (Å²) in [5, 5.41) is 0. The van der Waals surface area contributed by atoms with Crippen LogP contribution in [0.2, 0.25) is 0 Å². The highest BCUT2D eigenvalue weighted by Crippen LogP contribution is 2.17. The molecule has 92 valence electrons. The lowest BCUT2D eigenvalue weighted by atomic mass is 10.2. The normalized spacial score (nSPS) is 10.4. The average molecular weight is 259 g/mol. The van der Waals surface area contributed by atoms with Crippen molar-refractivity contribution in [2.24, 2.45) is 0 Å². The van der Waals surface area contributed by atoms with Crippen molar-refractivity contribution in [2.75, 3.05) is 12.5 Å². The van der Waals surface area contributed by atoms with Gasteiger partial charge in [0.2, 0.25) is 0 Å². The fraction of sp³-hybridized carbons (Fsp3) is 0.133. The zero-order valence-corrected chi connectivity index (χ0v) is 11.2. The maximum atomic E-state index is 11.8. The average Bonchev–Trinajstić information content (AvgIpc) is 2.40. The van der Waals surface area contributed by atoms with E-state index < -0.39 is 0 Å². The second-order valence-corrected chi connectivity index (χ2v) is 6.15. The van der Waals surface area contributed by atoms with Gasteiger partial charge in [-0.15, -0.1) is 0 Å². The van der Waals surface area contributed by atoms with E-state index in [1.165, 1.54) is 4.90 Å². The molecule has 0 N–H and O–H groups in total. The van der Waals surface area contributed by atoms with Crippen LogP contribution in [0.5, 0.6) is 5.75 Å². The van der Waals surface area contributed by atoms with Gasteiger partial charge in [0.1, 0.15) is 18.3 Å². The third-order valence-corrected chi connectivity index (χ3v) is 3.73. The number of benzene rings is 2. The summed E-state index contributed by atoms with van der Waals surface area (Å²) in [6.07, 6.45) is 4.32. The van der Waals surface area contributed by atoms with Crippen LogP contribution >= 0.6 is 0 Å². The fourth-order valence-electron chi connectivity index (χ4n) is 1.52. The highest BCUT2D eigenvalue weighted by molar-refractivity contribution is 7.95. The Morgan fingerprint density at radius 1 is 0.944 bits per heavy atom. The Hall–Kier alpha value is -1.74. The van der Waals surface area contributed by atoms with E-state index in [9.17, 15) is 4.79 Å². The van der Waals surface area contributed by atoms with Crippen LogP contribution in [0.15, 0.2) is 59.5 Å². The Bertz CT molecular complexity index is 518. The molecule has 0 spiro atoms. The van der Waals surface area contributed by atoms with Crippen molar-refractivity contribution in [2.45, 2.75) is 4.90 Å². The van der Waals surface area contributed by atoms with E-state index in [-0.39, 0.29) is 16.9 Å². The van der Waals surface area contributed by atoms with Gasteiger partial charge >= 0.3 is 5.97 Å². The molecule has 0 amide bonds. The van der Waals surface area contributed by atoms with Crippen LogP contribution in [0.25, 0.3) is 0 Å². The van der Waals surface area contributed by atoms with Gasteiger partial charge in [0, 0.05) is 10.9 Å². The largest absolute Gasteiger partial charge is 0.423 e. The van der Waals surface area contributed by atoms with E-state index in [2.05, 4.69) is 12.5 Å². The van der Waals surface area contributed by atoms with Crippen molar-refractivity contribution in [1.82, 2.24) is 0 Å². The first-order chi connectivity index (χ1) is 8.66. The number of hydrogen-bond acceptors (Lipinski definition) is 2. The standard InChI is InChI=1S/C15H15O2S/c1-18(2)14-10-8-13(9-11-14)17-15(16)12-6-4-3-5-7-12/h3-11H,1-2H3/q+1. The predicted molar refractivity (Wildman–Crippen MR) is 75.3 cm³/mol. The van der Waals surface area contributed by atoms with E-state index in [0.717, 1.165) is 0 Å². The van der Waals surface area contributed by atoms with Crippen molar-refractivity contribution in [3.8, 4) is 5.75 Å². The number of esters is 1. The van der Waals surface area contributed by atoms with Gasteiger partial charge in [-0.25, -0.2) is 4.79 Å². The highest BCUT2D eigenvalue weighted by Gasteiger charge is 2.10. The van der Waals surface area contributed by atoms with E-state index in [1.807, 2.05) is 42.5 Å². The summed E-state index contributed by atoms with van der Waals surface area (Å²) in [5.41, 5.74) is 0.562. The predicted octanol–water partition coefficient (Wildman–Crippen LogP) is 3.14. The Morgan fingerprint density at radius 3 is 2.11 bits per heavy atom. The van der Waals surface area contributed by atoms with E-state index >= 15 is 0 Å². The van der Waals surface area contributed by atoms with Gasteiger partial charge in [0.25, 0.3) is 0 Å². The molecule has 0 fully saturated rings. The van der Waals surface area contributed by atoms with E-state index in [4.69, 9.17) is 4.74 Å². The molecule has 2 aromatic carbocycles. The van der Waals surface area contributed by atoms with Crippen LogP contribution in [0.1, 0.15) is 10.4 Å². The molecule has 18 heavy (non-hydrogen) atoms. The van der Waals surface area contributed by atoms with E-state index in [1.54, 1.807) is 12.1 Å². The number of ether oxygens (including phenoxy) is 1. The van der Waals surface area contributed by atoms with Gasteiger partial charge in [-0.3, -0.25) is 0 Å². The minimum Gasteiger partial charge on any atom is -0.423 e. The minimum atomic E-state index is -0.324. The molecule has 0 unspecified atom stereocenters. The first kappa shape index (κ1) is 12.7. The van der Waals surface area contributed by atoms with Crippen LogP contribution in [0, 0.1) is 0 Å². The van der Waals surface area contributed by atoms with Gasteiger partial charge in [0.15, 0.2) is 4.90 Å². The molecule has 0 saturated heterocycles. The summed E-state index contributed by atoms with van der Waals surface area (Å²) >= 11 is 0. The third kappa shape index (κ3) is 3.14. The van der Waals surface area contributed by atoms with Crippen molar-refractivity contribution in [1.29, 1.82) is 0 Å². The maximum Gasteiger partial charge on any atom is 0.343 e. The molecule has 0 radical (unpaired) electrons. The Morgan fingerprint density at radius 2 is 1.56 bits per heavy atom. The number of carbonyl (C=O) groups is 1. The van der Waals surface area contributed by atoms with Crippen LogP contribution in [0.3, 0.4) is 0 Å². The molecule has 0 aliphatic heterocycles. The third-order valence-electron chi connectivity index (χ3n) is 2.52. The van der Waals surface area contributed by atoms with Crippen molar-refractivity contribution >= 4 is 16.9 Å². The van der Waals surface area contributed by atoms with Crippen molar-refractivity contribution in [3.05, 3.63) is 60.2 Å². The topological polar surface area (TPSA) is 26.3 Å². The van der Waals surface area contributed by atoms with Gasteiger partial charge in [-0.05, 0) is 36.4 Å². The fourth-order valence-corrected chi connectivity index (χ4v) is 2.20. The van der Waals surface area contributed by atoms with E-state index in [0.29, 0.717) is 11.3 Å². The van der Waals surface area contributed by atoms with Gasteiger partial charge < -0.3 is 4.74 Å². The molecule has 0 atom stereocenters. The molecule has 0 aromatic heterocycles. The minimum absolute atomic E-state index is 0.224. The summed E-state index contributed by atoms with van der Waals surface area (Å²) < 4.78 is 5.30. The Labute approximate surface area is 110 Å². The van der Waals surface area contributed by atoms with Crippen LogP contribution in [-0.2, 0) is 10.9 Å². The lowest BCUT2D eigenvalue weighted by molar-refractivity contribution is 0.0734. The molecule has 0 heterocycles. The molecule has 2 nitrogen and oxygen atoms in total. The quantitative estimate of drug-likeness (QED) is 0.481. The molecule has 0 aliphatic rings. The summed E-state index contributed by atoms with van der Waals surface area (Å²) in [6.45, 7) is 0. The number of rotatable bonds is 3. The molecular weight excluding hydrogens is 244 g/mol. The Balaban J connectivity index is 2.08. The Kier molecular flexibility index (Phi) is 4.05. The van der Waals surface area contributed by atoms with Gasteiger partial charge in [-0.2, -0.15) is 0 Å². The molecule has 2 rings (SSSR count). The summed E-state index contributed by atoms with van der Waals surface area (Å²) in [4.78, 5) is 13.1. The SMILES string of the molecule is C[S+](C)c1ccc(OC(=O)c2ccccc2)cc1.